The van der Waals surface area contributed by atoms with Gasteiger partial charge in [-0.15, -0.1) is 0 Å². The van der Waals surface area contributed by atoms with Crippen LogP contribution in [0.1, 0.15) is 40.0 Å². The molecule has 0 N–H and O–H groups in total. The molecule has 0 aromatic rings. The smallest absolute Gasteiger partial charge is 0.410 e. The number of amides is 1. The van der Waals surface area contributed by atoms with Crippen molar-refractivity contribution in [3.8, 4) is 0 Å². The summed E-state index contributed by atoms with van der Waals surface area (Å²) in [4.78, 5) is 23.9. The lowest BCUT2D eigenvalue weighted by atomic mass is 10.1. The van der Waals surface area contributed by atoms with Gasteiger partial charge in [0.15, 0.2) is 0 Å². The first kappa shape index (κ1) is 13.0. The quantitative estimate of drug-likeness (QED) is 0.692. The van der Waals surface area contributed by atoms with Crippen LogP contribution in [0.25, 0.3) is 0 Å². The van der Waals surface area contributed by atoms with Crippen LogP contribution in [0.4, 0.5) is 4.79 Å². The fourth-order valence-corrected chi connectivity index (χ4v) is 1.72. The number of rotatable bonds is 4. The maximum atomic E-state index is 11.8. The minimum atomic E-state index is -0.485. The van der Waals surface area contributed by atoms with Gasteiger partial charge >= 0.3 is 6.09 Å². The van der Waals surface area contributed by atoms with Crippen molar-refractivity contribution in [1.82, 2.24) is 4.90 Å². The van der Waals surface area contributed by atoms with E-state index in [1.54, 1.807) is 11.9 Å². The average molecular weight is 227 g/mol. The molecule has 92 valence electrons. The molecule has 1 aliphatic carbocycles. The molecular weight excluding hydrogens is 206 g/mol. The third-order valence-electron chi connectivity index (χ3n) is 2.68. The van der Waals surface area contributed by atoms with Gasteiger partial charge < -0.3 is 14.4 Å². The Balaban J connectivity index is 2.55. The molecule has 1 fully saturated rings. The summed E-state index contributed by atoms with van der Waals surface area (Å²) in [6.07, 6.45) is 3.15. The first-order valence-electron chi connectivity index (χ1n) is 5.74. The molecule has 0 radical (unpaired) electrons. The van der Waals surface area contributed by atoms with E-state index < -0.39 is 5.60 Å². The number of nitrogens with zero attached hydrogens (tertiary/aromatic N) is 1. The Hall–Kier alpha value is -1.06. The number of hydrogen-bond acceptors (Lipinski definition) is 3. The molecule has 4 heteroatoms. The second kappa shape index (κ2) is 4.85. The molecule has 0 aliphatic heterocycles. The molecule has 0 spiro atoms. The molecule has 1 rings (SSSR count). The van der Waals surface area contributed by atoms with E-state index in [1.807, 2.05) is 20.8 Å². The van der Waals surface area contributed by atoms with Crippen molar-refractivity contribution in [3.63, 3.8) is 0 Å². The molecule has 1 unspecified atom stereocenters. The van der Waals surface area contributed by atoms with Crippen molar-refractivity contribution < 1.29 is 14.3 Å². The third-order valence-corrected chi connectivity index (χ3v) is 2.68. The highest BCUT2D eigenvalue weighted by atomic mass is 16.6. The molecule has 0 aromatic carbocycles. The van der Waals surface area contributed by atoms with Gasteiger partial charge in [0.1, 0.15) is 11.9 Å². The summed E-state index contributed by atoms with van der Waals surface area (Å²) in [6, 6.07) is 0.00681. The minimum absolute atomic E-state index is 0.00681. The molecule has 0 heterocycles. The first-order valence-corrected chi connectivity index (χ1v) is 5.74. The van der Waals surface area contributed by atoms with Crippen molar-refractivity contribution in [2.75, 3.05) is 7.05 Å². The lowest BCUT2D eigenvalue weighted by molar-refractivity contribution is -0.108. The van der Waals surface area contributed by atoms with E-state index in [2.05, 4.69) is 0 Å². The SMILES string of the molecule is CN(C(=O)OC(C)(C)C)C(CC=O)C1CC1. The Morgan fingerprint density at radius 1 is 1.50 bits per heavy atom. The summed E-state index contributed by atoms with van der Waals surface area (Å²) in [7, 11) is 1.71. The molecule has 4 nitrogen and oxygen atoms in total. The van der Waals surface area contributed by atoms with Crippen LogP contribution in [0.3, 0.4) is 0 Å². The highest BCUT2D eigenvalue weighted by Gasteiger charge is 2.36. The van der Waals surface area contributed by atoms with Crippen molar-refractivity contribution in [2.45, 2.75) is 51.7 Å². The highest BCUT2D eigenvalue weighted by Crippen LogP contribution is 2.36. The van der Waals surface area contributed by atoms with Gasteiger partial charge in [0.05, 0.1) is 0 Å². The zero-order valence-electron chi connectivity index (χ0n) is 10.5. The molecule has 1 atom stereocenters. The van der Waals surface area contributed by atoms with Gasteiger partial charge in [-0.25, -0.2) is 4.79 Å². The van der Waals surface area contributed by atoms with Gasteiger partial charge in [0, 0.05) is 19.5 Å². The van der Waals surface area contributed by atoms with Crippen LogP contribution in [-0.2, 0) is 9.53 Å². The molecule has 0 saturated heterocycles. The van der Waals surface area contributed by atoms with E-state index in [9.17, 15) is 9.59 Å². The summed E-state index contributed by atoms with van der Waals surface area (Å²) in [5.74, 6) is 0.475. The number of carbonyl (C=O) groups is 2. The molecule has 0 aromatic heterocycles. The van der Waals surface area contributed by atoms with Crippen molar-refractivity contribution >= 4 is 12.4 Å². The van der Waals surface area contributed by atoms with E-state index in [4.69, 9.17) is 4.74 Å². The molecule has 1 aliphatic rings. The van der Waals surface area contributed by atoms with Crippen LogP contribution in [0, 0.1) is 5.92 Å². The lowest BCUT2D eigenvalue weighted by Crippen LogP contribution is -2.42. The average Bonchev–Trinajstić information content (AvgIpc) is 2.93. The standard InChI is InChI=1S/C12H21NO3/c1-12(2,3)16-11(15)13(4)10(7-8-14)9-5-6-9/h8-10H,5-7H2,1-4H3. The van der Waals surface area contributed by atoms with E-state index in [-0.39, 0.29) is 12.1 Å². The summed E-state index contributed by atoms with van der Waals surface area (Å²) >= 11 is 0. The van der Waals surface area contributed by atoms with E-state index in [1.165, 1.54) is 0 Å². The van der Waals surface area contributed by atoms with Crippen molar-refractivity contribution in [2.24, 2.45) is 5.92 Å². The predicted octanol–water partition coefficient (Wildman–Crippen LogP) is 2.22. The Morgan fingerprint density at radius 3 is 2.44 bits per heavy atom. The summed E-state index contributed by atoms with van der Waals surface area (Å²) in [5, 5.41) is 0. The Bertz CT molecular complexity index is 266. The van der Waals surface area contributed by atoms with E-state index in [0.29, 0.717) is 12.3 Å². The second-order valence-electron chi connectivity index (χ2n) is 5.40. The van der Waals surface area contributed by atoms with Crippen LogP contribution in [0.5, 0.6) is 0 Å². The van der Waals surface area contributed by atoms with Gasteiger partial charge in [-0.1, -0.05) is 0 Å². The van der Waals surface area contributed by atoms with Gasteiger partial charge in [0.25, 0.3) is 0 Å². The topological polar surface area (TPSA) is 46.6 Å². The maximum Gasteiger partial charge on any atom is 0.410 e. The Labute approximate surface area is 96.9 Å². The normalized spacial score (nSPS) is 17.8. The molecule has 1 amide bonds. The van der Waals surface area contributed by atoms with Gasteiger partial charge in [0.2, 0.25) is 0 Å². The van der Waals surface area contributed by atoms with Crippen molar-refractivity contribution in [1.29, 1.82) is 0 Å². The Kier molecular flexibility index (Phi) is 3.94. The maximum absolute atomic E-state index is 11.8. The van der Waals surface area contributed by atoms with Crippen LogP contribution in [0.15, 0.2) is 0 Å². The predicted molar refractivity (Wildman–Crippen MR) is 61.2 cm³/mol. The highest BCUT2D eigenvalue weighted by molar-refractivity contribution is 5.69. The third kappa shape index (κ3) is 3.83. The van der Waals surface area contributed by atoms with Crippen LogP contribution in [-0.4, -0.2) is 36.0 Å². The fraction of sp³-hybridized carbons (Fsp3) is 0.833. The Morgan fingerprint density at radius 2 is 2.06 bits per heavy atom. The zero-order valence-corrected chi connectivity index (χ0v) is 10.5. The number of ether oxygens (including phenoxy) is 1. The van der Waals surface area contributed by atoms with Gasteiger partial charge in [-0.3, -0.25) is 0 Å². The first-order chi connectivity index (χ1) is 7.35. The molecule has 0 bridgehead atoms. The van der Waals surface area contributed by atoms with Gasteiger partial charge in [-0.05, 0) is 39.5 Å². The fourth-order valence-electron chi connectivity index (χ4n) is 1.72. The summed E-state index contributed by atoms with van der Waals surface area (Å²) < 4.78 is 5.28. The number of aldehydes is 1. The van der Waals surface area contributed by atoms with E-state index in [0.717, 1.165) is 19.1 Å². The van der Waals surface area contributed by atoms with E-state index >= 15 is 0 Å². The summed E-state index contributed by atoms with van der Waals surface area (Å²) in [6.45, 7) is 5.51. The number of hydrogen-bond donors (Lipinski definition) is 0. The zero-order chi connectivity index (χ0) is 12.3. The monoisotopic (exact) mass is 227 g/mol. The molecule has 16 heavy (non-hydrogen) atoms. The van der Waals surface area contributed by atoms with Crippen molar-refractivity contribution in [3.05, 3.63) is 0 Å². The largest absolute Gasteiger partial charge is 0.444 e. The minimum Gasteiger partial charge on any atom is -0.444 e. The van der Waals surface area contributed by atoms with Crippen LogP contribution >= 0.6 is 0 Å². The summed E-state index contributed by atoms with van der Waals surface area (Å²) in [5.41, 5.74) is -0.485. The van der Waals surface area contributed by atoms with Gasteiger partial charge in [-0.2, -0.15) is 0 Å². The lowest BCUT2D eigenvalue weighted by Gasteiger charge is -2.29. The van der Waals surface area contributed by atoms with Crippen LogP contribution in [0.2, 0.25) is 0 Å². The molecule has 1 saturated carbocycles. The number of carbonyl (C=O) groups excluding carboxylic acids is 2. The van der Waals surface area contributed by atoms with Crippen LogP contribution < -0.4 is 0 Å². The second-order valence-corrected chi connectivity index (χ2v) is 5.40. The molecular formula is C12H21NO3.